The summed E-state index contributed by atoms with van der Waals surface area (Å²) in [5.74, 6) is 0.792. The summed E-state index contributed by atoms with van der Waals surface area (Å²) in [5, 5.41) is 20.3. The Balaban J connectivity index is 2.15. The lowest BCUT2D eigenvalue weighted by Crippen LogP contribution is -2.20. The number of H-pyrrole nitrogens is 1. The number of nitrogens with zero attached hydrogens (tertiary/aromatic N) is 1. The molecule has 0 radical (unpaired) electrons. The van der Waals surface area contributed by atoms with E-state index in [1.165, 1.54) is 0 Å². The number of aromatic amines is 1. The minimum atomic E-state index is -0.552. The number of fused-ring (bicyclic) bond motifs is 1. The molecule has 5 nitrogen and oxygen atoms in total. The number of aliphatic hydroxyl groups is 1. The van der Waals surface area contributed by atoms with Gasteiger partial charge in [-0.3, -0.25) is 5.10 Å². The molecule has 6 heteroatoms. The van der Waals surface area contributed by atoms with Crippen LogP contribution in [0.2, 0.25) is 0 Å². The Morgan fingerprint density at radius 2 is 2.41 bits per heavy atom. The van der Waals surface area contributed by atoms with Crippen LogP contribution in [0, 0.1) is 0 Å². The average molecular weight is 256 g/mol. The average Bonchev–Trinajstić information content (AvgIpc) is 2.78. The Morgan fingerprint density at radius 1 is 1.59 bits per heavy atom. The van der Waals surface area contributed by atoms with Crippen molar-refractivity contribution in [3.63, 3.8) is 0 Å². The van der Waals surface area contributed by atoms with Gasteiger partial charge in [-0.05, 0) is 18.2 Å². The molecule has 1 heterocycles. The maximum atomic E-state index is 9.34. The van der Waals surface area contributed by atoms with Gasteiger partial charge in [0.05, 0.1) is 30.0 Å². The molecule has 1 aromatic carbocycles. The molecule has 0 fully saturated rings. The molecule has 0 bridgehead atoms. The number of ether oxygens (including phenoxy) is 1. The van der Waals surface area contributed by atoms with Crippen LogP contribution >= 0.6 is 11.6 Å². The summed E-state index contributed by atoms with van der Waals surface area (Å²) < 4.78 is 5.10. The van der Waals surface area contributed by atoms with Crippen molar-refractivity contribution in [1.29, 1.82) is 0 Å². The third-order valence-corrected chi connectivity index (χ3v) is 2.80. The number of nitrogens with one attached hydrogen (secondary N) is 2. The highest BCUT2D eigenvalue weighted by atomic mass is 35.5. The maximum absolute atomic E-state index is 9.34. The Hall–Kier alpha value is -1.46. The van der Waals surface area contributed by atoms with Gasteiger partial charge in [0.15, 0.2) is 0 Å². The van der Waals surface area contributed by atoms with E-state index in [2.05, 4.69) is 15.5 Å². The topological polar surface area (TPSA) is 70.2 Å². The predicted octanol–water partition coefficient (Wildman–Crippen LogP) is 1.58. The van der Waals surface area contributed by atoms with Gasteiger partial charge >= 0.3 is 0 Å². The zero-order valence-corrected chi connectivity index (χ0v) is 10.2. The highest BCUT2D eigenvalue weighted by Crippen LogP contribution is 2.24. The first kappa shape index (κ1) is 12.0. The molecule has 1 aromatic heterocycles. The minimum Gasteiger partial charge on any atom is -0.480 e. The Labute approximate surface area is 104 Å². The molecule has 0 spiro atoms. The SMILES string of the molecule is COc1n[nH]c2cc(NCC(O)CCl)ccc12. The van der Waals surface area contributed by atoms with Crippen LogP contribution < -0.4 is 10.1 Å². The van der Waals surface area contributed by atoms with Gasteiger partial charge in [0, 0.05) is 12.2 Å². The van der Waals surface area contributed by atoms with Crippen molar-refractivity contribution in [3.05, 3.63) is 18.2 Å². The van der Waals surface area contributed by atoms with Gasteiger partial charge < -0.3 is 15.2 Å². The van der Waals surface area contributed by atoms with Crippen LogP contribution in [-0.4, -0.2) is 40.9 Å². The lowest BCUT2D eigenvalue weighted by molar-refractivity contribution is 0.211. The Bertz CT molecular complexity index is 500. The summed E-state index contributed by atoms with van der Waals surface area (Å²) in [6.45, 7) is 0.417. The monoisotopic (exact) mass is 255 g/mol. The molecule has 0 saturated heterocycles. The molecule has 2 rings (SSSR count). The van der Waals surface area contributed by atoms with Gasteiger partial charge in [0.2, 0.25) is 5.88 Å². The summed E-state index contributed by atoms with van der Waals surface area (Å²) >= 11 is 5.51. The third kappa shape index (κ3) is 2.62. The minimum absolute atomic E-state index is 0.215. The molecule has 1 atom stereocenters. The summed E-state index contributed by atoms with van der Waals surface area (Å²) in [6, 6.07) is 5.72. The molecule has 0 aliphatic carbocycles. The zero-order valence-electron chi connectivity index (χ0n) is 9.40. The van der Waals surface area contributed by atoms with Crippen molar-refractivity contribution in [2.75, 3.05) is 24.9 Å². The maximum Gasteiger partial charge on any atom is 0.240 e. The molecule has 2 aromatic rings. The molecule has 3 N–H and O–H groups in total. The van der Waals surface area contributed by atoms with Gasteiger partial charge in [0.25, 0.3) is 0 Å². The quantitative estimate of drug-likeness (QED) is 0.710. The molecule has 0 aliphatic rings. The number of aliphatic hydroxyl groups excluding tert-OH is 1. The molecule has 17 heavy (non-hydrogen) atoms. The highest BCUT2D eigenvalue weighted by Gasteiger charge is 2.06. The van der Waals surface area contributed by atoms with E-state index in [-0.39, 0.29) is 5.88 Å². The van der Waals surface area contributed by atoms with E-state index in [0.29, 0.717) is 12.4 Å². The molecule has 0 aliphatic heterocycles. The molecular formula is C11H14ClN3O2. The first-order chi connectivity index (χ1) is 8.24. The fraction of sp³-hybridized carbons (Fsp3) is 0.364. The smallest absolute Gasteiger partial charge is 0.240 e. The summed E-state index contributed by atoms with van der Waals surface area (Å²) in [6.07, 6.45) is -0.552. The number of rotatable bonds is 5. The molecule has 0 amide bonds. The zero-order chi connectivity index (χ0) is 12.3. The number of hydrogen-bond donors (Lipinski definition) is 3. The Kier molecular flexibility index (Phi) is 3.71. The van der Waals surface area contributed by atoms with Crippen LogP contribution in [0.3, 0.4) is 0 Å². The van der Waals surface area contributed by atoms with Crippen molar-refractivity contribution in [2.45, 2.75) is 6.10 Å². The largest absolute Gasteiger partial charge is 0.480 e. The van der Waals surface area contributed by atoms with Crippen LogP contribution in [0.1, 0.15) is 0 Å². The lowest BCUT2D eigenvalue weighted by Gasteiger charge is -2.09. The van der Waals surface area contributed by atoms with E-state index in [4.69, 9.17) is 16.3 Å². The number of anilines is 1. The van der Waals surface area contributed by atoms with Crippen molar-refractivity contribution >= 4 is 28.2 Å². The van der Waals surface area contributed by atoms with Gasteiger partial charge in [-0.15, -0.1) is 16.7 Å². The van der Waals surface area contributed by atoms with Gasteiger partial charge in [-0.25, -0.2) is 0 Å². The second-order valence-electron chi connectivity index (χ2n) is 3.68. The number of methoxy groups -OCH3 is 1. The van der Waals surface area contributed by atoms with Gasteiger partial charge in [0.1, 0.15) is 0 Å². The predicted molar refractivity (Wildman–Crippen MR) is 67.9 cm³/mol. The van der Waals surface area contributed by atoms with Crippen LogP contribution in [0.4, 0.5) is 5.69 Å². The van der Waals surface area contributed by atoms with Crippen molar-refractivity contribution < 1.29 is 9.84 Å². The fourth-order valence-electron chi connectivity index (χ4n) is 1.55. The first-order valence-corrected chi connectivity index (χ1v) is 5.78. The number of benzene rings is 1. The number of hydrogen-bond acceptors (Lipinski definition) is 4. The summed E-state index contributed by atoms with van der Waals surface area (Å²) in [7, 11) is 1.58. The third-order valence-electron chi connectivity index (χ3n) is 2.44. The normalized spacial score (nSPS) is 12.6. The van der Waals surface area contributed by atoms with Gasteiger partial charge in [-0.1, -0.05) is 0 Å². The Morgan fingerprint density at radius 3 is 3.12 bits per heavy atom. The molecule has 1 unspecified atom stereocenters. The second-order valence-corrected chi connectivity index (χ2v) is 3.99. The molecular weight excluding hydrogens is 242 g/mol. The van der Waals surface area contributed by atoms with E-state index >= 15 is 0 Å². The number of halogens is 1. The fourth-order valence-corrected chi connectivity index (χ4v) is 1.66. The van der Waals surface area contributed by atoms with Crippen LogP contribution in [0.5, 0.6) is 5.88 Å². The first-order valence-electron chi connectivity index (χ1n) is 5.24. The van der Waals surface area contributed by atoms with Crippen molar-refractivity contribution in [1.82, 2.24) is 10.2 Å². The summed E-state index contributed by atoms with van der Waals surface area (Å²) in [5.41, 5.74) is 1.78. The second kappa shape index (κ2) is 5.25. The standard InChI is InChI=1S/C11H14ClN3O2/c1-17-11-9-3-2-7(4-10(9)14-15-11)13-6-8(16)5-12/h2-4,8,13,16H,5-6H2,1H3,(H,14,15). The van der Waals surface area contributed by atoms with E-state index < -0.39 is 6.10 Å². The summed E-state index contributed by atoms with van der Waals surface area (Å²) in [4.78, 5) is 0. The van der Waals surface area contributed by atoms with E-state index in [1.54, 1.807) is 7.11 Å². The van der Waals surface area contributed by atoms with Crippen LogP contribution in [0.15, 0.2) is 18.2 Å². The highest BCUT2D eigenvalue weighted by molar-refractivity contribution is 6.18. The number of aromatic nitrogens is 2. The molecule has 92 valence electrons. The molecule has 0 saturated carbocycles. The van der Waals surface area contributed by atoms with E-state index in [9.17, 15) is 5.11 Å². The van der Waals surface area contributed by atoms with Gasteiger partial charge in [-0.2, -0.15) is 0 Å². The van der Waals surface area contributed by atoms with E-state index in [0.717, 1.165) is 16.6 Å². The van der Waals surface area contributed by atoms with E-state index in [1.807, 2.05) is 18.2 Å². The van der Waals surface area contributed by atoms with Crippen LogP contribution in [0.25, 0.3) is 10.9 Å². The van der Waals surface area contributed by atoms with Crippen molar-refractivity contribution in [2.24, 2.45) is 0 Å². The van der Waals surface area contributed by atoms with Crippen LogP contribution in [-0.2, 0) is 0 Å². The number of alkyl halides is 1. The lowest BCUT2D eigenvalue weighted by atomic mass is 10.2. The van der Waals surface area contributed by atoms with Crippen molar-refractivity contribution in [3.8, 4) is 5.88 Å².